The number of carbonyl (C=O) groups excluding carboxylic acids is 1. The van der Waals surface area contributed by atoms with Gasteiger partial charge in [0.25, 0.3) is 0 Å². The molecule has 0 unspecified atom stereocenters. The number of hydrogen-bond acceptors (Lipinski definition) is 5. The van der Waals surface area contributed by atoms with Crippen LogP contribution < -0.4 is 5.32 Å². The second kappa shape index (κ2) is 6.24. The maximum absolute atomic E-state index is 11.6. The molecule has 0 saturated carbocycles. The summed E-state index contributed by atoms with van der Waals surface area (Å²) in [5.74, 6) is -0.560. The Morgan fingerprint density at radius 2 is 2.14 bits per heavy atom. The maximum atomic E-state index is 11.6. The summed E-state index contributed by atoms with van der Waals surface area (Å²) in [7, 11) is 0. The third kappa shape index (κ3) is 3.97. The van der Waals surface area contributed by atoms with Crippen molar-refractivity contribution in [3.05, 3.63) is 35.9 Å². The summed E-state index contributed by atoms with van der Waals surface area (Å²) in [6.07, 6.45) is -0.688. The first-order valence-electron chi connectivity index (χ1n) is 7.45. The first-order valence-corrected chi connectivity index (χ1v) is 7.45. The van der Waals surface area contributed by atoms with Crippen molar-refractivity contribution in [1.82, 2.24) is 5.32 Å². The second-order valence-corrected chi connectivity index (χ2v) is 5.94. The van der Waals surface area contributed by atoms with Crippen molar-refractivity contribution in [2.75, 3.05) is 13.2 Å². The highest BCUT2D eigenvalue weighted by Crippen LogP contribution is 2.34. The average Bonchev–Trinajstić information content (AvgIpc) is 3.19. The van der Waals surface area contributed by atoms with Gasteiger partial charge in [-0.2, -0.15) is 0 Å². The lowest BCUT2D eigenvalue weighted by atomic mass is 10.2. The zero-order valence-corrected chi connectivity index (χ0v) is 12.8. The van der Waals surface area contributed by atoms with Crippen LogP contribution in [0.5, 0.6) is 0 Å². The molecular formula is C16H21NO5. The quantitative estimate of drug-likeness (QED) is 0.841. The minimum Gasteiger partial charge on any atom is -0.447 e. The summed E-state index contributed by atoms with van der Waals surface area (Å²) < 4.78 is 21.9. The molecule has 3 rings (SSSR count). The van der Waals surface area contributed by atoms with E-state index in [0.717, 1.165) is 5.56 Å². The summed E-state index contributed by atoms with van der Waals surface area (Å²) in [6.45, 7) is 4.93. The molecule has 22 heavy (non-hydrogen) atoms. The molecule has 0 radical (unpaired) electrons. The van der Waals surface area contributed by atoms with Gasteiger partial charge in [-0.3, -0.25) is 0 Å². The lowest BCUT2D eigenvalue weighted by Gasteiger charge is -2.16. The molecular weight excluding hydrogens is 286 g/mol. The van der Waals surface area contributed by atoms with Gasteiger partial charge in [0.1, 0.15) is 24.9 Å². The molecule has 1 aromatic rings. The van der Waals surface area contributed by atoms with Crippen molar-refractivity contribution in [1.29, 1.82) is 0 Å². The van der Waals surface area contributed by atoms with E-state index >= 15 is 0 Å². The minimum atomic E-state index is -0.560. The van der Waals surface area contributed by atoms with Crippen LogP contribution in [0.4, 0.5) is 4.79 Å². The third-order valence-corrected chi connectivity index (χ3v) is 3.68. The molecule has 1 amide bonds. The Morgan fingerprint density at radius 1 is 1.36 bits per heavy atom. The van der Waals surface area contributed by atoms with Crippen LogP contribution >= 0.6 is 0 Å². The topological polar surface area (TPSA) is 69.3 Å². The van der Waals surface area contributed by atoms with Crippen LogP contribution in [-0.2, 0) is 25.5 Å². The lowest BCUT2D eigenvalue weighted by Crippen LogP contribution is -2.28. The summed E-state index contributed by atoms with van der Waals surface area (Å²) in [5.41, 5.74) is 1.03. The molecule has 1 N–H and O–H groups in total. The van der Waals surface area contributed by atoms with Crippen LogP contribution in [0.15, 0.2) is 30.3 Å². The molecule has 3 atom stereocenters. The molecule has 0 aromatic heterocycles. The van der Waals surface area contributed by atoms with Gasteiger partial charge in [-0.15, -0.1) is 0 Å². The van der Waals surface area contributed by atoms with Crippen molar-refractivity contribution in [3.63, 3.8) is 0 Å². The van der Waals surface area contributed by atoms with Gasteiger partial charge in [0.05, 0.1) is 6.61 Å². The summed E-state index contributed by atoms with van der Waals surface area (Å²) in [4.78, 5) is 11.6. The first-order chi connectivity index (χ1) is 10.5. The largest absolute Gasteiger partial charge is 0.447 e. The molecule has 0 bridgehead atoms. The van der Waals surface area contributed by atoms with E-state index in [4.69, 9.17) is 18.9 Å². The Balaban J connectivity index is 1.33. The Bertz CT molecular complexity index is 519. The Hall–Kier alpha value is -1.63. The molecule has 2 heterocycles. The molecule has 6 heteroatoms. The van der Waals surface area contributed by atoms with E-state index in [0.29, 0.717) is 13.2 Å². The fourth-order valence-corrected chi connectivity index (χ4v) is 2.47. The molecule has 2 saturated heterocycles. The Labute approximate surface area is 129 Å². The highest BCUT2D eigenvalue weighted by Gasteiger charge is 2.51. The molecule has 120 valence electrons. The summed E-state index contributed by atoms with van der Waals surface area (Å²) in [6, 6.07) is 9.67. The normalized spacial score (nSPS) is 29.1. The van der Waals surface area contributed by atoms with E-state index in [1.54, 1.807) is 0 Å². The van der Waals surface area contributed by atoms with Crippen LogP contribution in [0.25, 0.3) is 0 Å². The molecule has 1 aromatic carbocycles. The number of amides is 1. The van der Waals surface area contributed by atoms with Crippen molar-refractivity contribution in [3.8, 4) is 0 Å². The van der Waals surface area contributed by atoms with E-state index in [2.05, 4.69) is 5.32 Å². The predicted octanol–water partition coefficient (Wildman–Crippen LogP) is 1.83. The van der Waals surface area contributed by atoms with Gasteiger partial charge in [-0.05, 0) is 19.4 Å². The van der Waals surface area contributed by atoms with Gasteiger partial charge in [0.2, 0.25) is 0 Å². The molecule has 6 nitrogen and oxygen atoms in total. The molecule has 0 aliphatic carbocycles. The van der Waals surface area contributed by atoms with E-state index in [9.17, 15) is 4.79 Å². The van der Waals surface area contributed by atoms with Crippen LogP contribution in [0.3, 0.4) is 0 Å². The highest BCUT2D eigenvalue weighted by molar-refractivity contribution is 5.67. The number of carbonyl (C=O) groups is 1. The van der Waals surface area contributed by atoms with Gasteiger partial charge in [0, 0.05) is 6.54 Å². The fourth-order valence-electron chi connectivity index (χ4n) is 2.47. The van der Waals surface area contributed by atoms with Gasteiger partial charge >= 0.3 is 6.09 Å². The third-order valence-electron chi connectivity index (χ3n) is 3.68. The smallest absolute Gasteiger partial charge is 0.407 e. The fraction of sp³-hybridized carbons (Fsp3) is 0.562. The molecule has 0 spiro atoms. The Kier molecular flexibility index (Phi) is 4.33. The van der Waals surface area contributed by atoms with Gasteiger partial charge < -0.3 is 24.3 Å². The molecule has 2 fully saturated rings. The number of benzene rings is 1. The number of ether oxygens (including phenoxy) is 4. The summed E-state index contributed by atoms with van der Waals surface area (Å²) in [5, 5.41) is 2.71. The predicted molar refractivity (Wildman–Crippen MR) is 78.2 cm³/mol. The highest BCUT2D eigenvalue weighted by atomic mass is 16.8. The number of hydrogen-bond donors (Lipinski definition) is 1. The van der Waals surface area contributed by atoms with E-state index in [1.165, 1.54) is 0 Å². The van der Waals surface area contributed by atoms with Crippen LogP contribution in [-0.4, -0.2) is 43.4 Å². The zero-order valence-electron chi connectivity index (χ0n) is 12.8. The maximum Gasteiger partial charge on any atom is 0.407 e. The van der Waals surface area contributed by atoms with Crippen LogP contribution in [0.1, 0.15) is 19.4 Å². The van der Waals surface area contributed by atoms with Crippen LogP contribution in [0.2, 0.25) is 0 Å². The van der Waals surface area contributed by atoms with Crippen molar-refractivity contribution >= 4 is 6.09 Å². The van der Waals surface area contributed by atoms with Gasteiger partial charge in [0.15, 0.2) is 5.79 Å². The number of alkyl carbamates (subject to hydrolysis) is 1. The first kappa shape index (κ1) is 15.3. The van der Waals surface area contributed by atoms with Gasteiger partial charge in [-0.1, -0.05) is 30.3 Å². The Morgan fingerprint density at radius 3 is 2.82 bits per heavy atom. The lowest BCUT2D eigenvalue weighted by molar-refractivity contribution is -0.140. The van der Waals surface area contributed by atoms with E-state index < -0.39 is 11.9 Å². The zero-order chi connectivity index (χ0) is 15.6. The molecule has 2 aliphatic rings. The van der Waals surface area contributed by atoms with E-state index in [-0.39, 0.29) is 24.9 Å². The second-order valence-electron chi connectivity index (χ2n) is 5.94. The number of nitrogens with one attached hydrogen (secondary N) is 1. The molecule has 2 aliphatic heterocycles. The van der Waals surface area contributed by atoms with Gasteiger partial charge in [-0.25, -0.2) is 4.79 Å². The minimum absolute atomic E-state index is 0.0521. The van der Waals surface area contributed by atoms with Crippen molar-refractivity contribution in [2.24, 2.45) is 0 Å². The number of epoxide rings is 1. The van der Waals surface area contributed by atoms with Crippen LogP contribution in [0, 0.1) is 0 Å². The number of rotatable bonds is 5. The standard InChI is InChI=1S/C16H21NO5/c1-16(2)20-10-13(22-16)14-12(21-14)9-19-15(18)17-8-11-6-4-3-5-7-11/h3-7,12-14H,8-10H2,1-2H3,(H,17,18)/t12-,13+,14-/m0/s1. The summed E-state index contributed by atoms with van der Waals surface area (Å²) >= 11 is 0. The van der Waals surface area contributed by atoms with Crippen molar-refractivity contribution < 1.29 is 23.7 Å². The average molecular weight is 307 g/mol. The monoisotopic (exact) mass is 307 g/mol. The van der Waals surface area contributed by atoms with E-state index in [1.807, 2.05) is 44.2 Å². The van der Waals surface area contributed by atoms with Crippen molar-refractivity contribution in [2.45, 2.75) is 44.5 Å². The SMILES string of the molecule is CC1(C)OC[C@H]([C@H]2O[C@H]2COC(=O)NCc2ccccc2)O1.